The van der Waals surface area contributed by atoms with E-state index in [1.807, 2.05) is 64.8 Å². The van der Waals surface area contributed by atoms with Gasteiger partial charge in [-0.15, -0.1) is 11.3 Å². The predicted molar refractivity (Wildman–Crippen MR) is 118 cm³/mol. The van der Waals surface area contributed by atoms with Gasteiger partial charge in [0.05, 0.1) is 5.39 Å². The molecule has 1 amide bonds. The first-order valence-corrected chi connectivity index (χ1v) is 11.2. The molecule has 30 heavy (non-hydrogen) atoms. The molecule has 2 aliphatic heterocycles. The zero-order valence-corrected chi connectivity index (χ0v) is 17.3. The number of fused-ring (bicyclic) bond motifs is 2. The maximum absolute atomic E-state index is 13.1. The van der Waals surface area contributed by atoms with E-state index in [-0.39, 0.29) is 5.91 Å². The number of likely N-dealkylation sites (tertiary alicyclic amines) is 1. The molecule has 2 aromatic heterocycles. The van der Waals surface area contributed by atoms with Gasteiger partial charge < -0.3 is 9.42 Å². The van der Waals surface area contributed by atoms with Gasteiger partial charge in [-0.05, 0) is 41.6 Å². The Balaban J connectivity index is 1.19. The third-order valence-corrected chi connectivity index (χ3v) is 7.29. The summed E-state index contributed by atoms with van der Waals surface area (Å²) in [4.78, 5) is 19.1. The molecule has 0 unspecified atom stereocenters. The van der Waals surface area contributed by atoms with Crippen LogP contribution in [0, 0.1) is 0 Å². The lowest BCUT2D eigenvalue weighted by molar-refractivity contribution is 0.0221. The third-order valence-electron chi connectivity index (χ3n) is 6.26. The summed E-state index contributed by atoms with van der Waals surface area (Å²) in [5.74, 6) is 0.795. The van der Waals surface area contributed by atoms with E-state index in [2.05, 4.69) is 21.5 Å². The summed E-state index contributed by atoms with van der Waals surface area (Å²) in [7, 11) is 0. The first-order chi connectivity index (χ1) is 14.8. The Hall–Kier alpha value is -2.96. The van der Waals surface area contributed by atoms with Crippen molar-refractivity contribution < 1.29 is 9.32 Å². The maximum atomic E-state index is 13.1. The number of benzene rings is 2. The highest BCUT2D eigenvalue weighted by Gasteiger charge is 2.36. The molecule has 0 spiro atoms. The molecule has 0 aliphatic carbocycles. The van der Waals surface area contributed by atoms with E-state index in [4.69, 9.17) is 4.52 Å². The number of thiophene rings is 1. The highest BCUT2D eigenvalue weighted by atomic mass is 32.1. The Morgan fingerprint density at radius 2 is 1.97 bits per heavy atom. The molecule has 2 aromatic carbocycles. The van der Waals surface area contributed by atoms with Crippen LogP contribution in [-0.2, 0) is 13.0 Å². The van der Waals surface area contributed by atoms with Crippen molar-refractivity contribution in [2.75, 3.05) is 19.6 Å². The summed E-state index contributed by atoms with van der Waals surface area (Å²) in [6.07, 6.45) is 1.13. The monoisotopic (exact) mass is 415 g/mol. The van der Waals surface area contributed by atoms with Gasteiger partial charge in [-0.25, -0.2) is 0 Å². The molecule has 0 radical (unpaired) electrons. The number of carbonyl (C=O) groups is 1. The quantitative estimate of drug-likeness (QED) is 0.496. The molecule has 0 saturated carbocycles. The lowest BCUT2D eigenvalue weighted by atomic mass is 10.00. The van der Waals surface area contributed by atoms with Crippen LogP contribution in [0.5, 0.6) is 0 Å². The van der Waals surface area contributed by atoms with Gasteiger partial charge in [0.1, 0.15) is 5.52 Å². The van der Waals surface area contributed by atoms with Crippen molar-refractivity contribution >= 4 is 28.1 Å². The van der Waals surface area contributed by atoms with Gasteiger partial charge >= 0.3 is 0 Å². The molecular weight excluding hydrogens is 394 g/mol. The number of carbonyl (C=O) groups excluding carboxylic acids is 1. The lowest BCUT2D eigenvalue weighted by Crippen LogP contribution is -2.61. The second kappa shape index (κ2) is 7.07. The van der Waals surface area contributed by atoms with Crippen LogP contribution >= 0.6 is 11.3 Å². The predicted octanol–water partition coefficient (Wildman–Crippen LogP) is 4.44. The van der Waals surface area contributed by atoms with E-state index in [1.165, 1.54) is 10.4 Å². The molecule has 1 saturated heterocycles. The van der Waals surface area contributed by atoms with Crippen LogP contribution in [0.4, 0.5) is 0 Å². The number of nitrogens with zero attached hydrogens (tertiary/aromatic N) is 3. The van der Waals surface area contributed by atoms with Gasteiger partial charge in [0, 0.05) is 48.2 Å². The minimum absolute atomic E-state index is 0.0848. The normalized spacial score (nSPS) is 17.1. The van der Waals surface area contributed by atoms with E-state index in [0.717, 1.165) is 49.1 Å². The van der Waals surface area contributed by atoms with E-state index >= 15 is 0 Å². The van der Waals surface area contributed by atoms with Crippen molar-refractivity contribution in [3.8, 4) is 11.3 Å². The molecule has 2 aliphatic rings. The smallest absolute Gasteiger partial charge is 0.253 e. The molecule has 0 N–H and O–H groups in total. The molecule has 6 heteroatoms. The molecule has 1 fully saturated rings. The van der Waals surface area contributed by atoms with Crippen molar-refractivity contribution in [1.82, 2.24) is 15.0 Å². The number of rotatable bonds is 3. The minimum atomic E-state index is 0.0848. The van der Waals surface area contributed by atoms with E-state index in [0.29, 0.717) is 17.4 Å². The van der Waals surface area contributed by atoms with Gasteiger partial charge in [0.2, 0.25) is 0 Å². The number of amides is 1. The highest BCUT2D eigenvalue weighted by molar-refractivity contribution is 7.10. The van der Waals surface area contributed by atoms with Crippen LogP contribution in [0.15, 0.2) is 64.5 Å². The molecular formula is C24H21N3O2S. The van der Waals surface area contributed by atoms with Crippen molar-refractivity contribution in [1.29, 1.82) is 0 Å². The van der Waals surface area contributed by atoms with Crippen LogP contribution in [0.1, 0.15) is 20.8 Å². The van der Waals surface area contributed by atoms with E-state index in [1.54, 1.807) is 0 Å². The zero-order valence-electron chi connectivity index (χ0n) is 16.5. The largest absolute Gasteiger partial charge is 0.355 e. The van der Waals surface area contributed by atoms with Gasteiger partial charge in [0.15, 0.2) is 5.76 Å². The zero-order chi connectivity index (χ0) is 20.1. The topological polar surface area (TPSA) is 49.6 Å². The van der Waals surface area contributed by atoms with E-state index in [9.17, 15) is 4.79 Å². The van der Waals surface area contributed by atoms with Crippen molar-refractivity contribution in [3.05, 3.63) is 76.0 Å². The van der Waals surface area contributed by atoms with Crippen molar-refractivity contribution in [2.45, 2.75) is 19.0 Å². The van der Waals surface area contributed by atoms with E-state index < -0.39 is 0 Å². The Morgan fingerprint density at radius 1 is 1.10 bits per heavy atom. The molecule has 150 valence electrons. The standard InChI is InChI=1S/C24H21N3O2S/c28-24(27-14-19(15-27)26-10-8-22-18(13-26)9-11-30-22)17-6-7-21-20(12-17)23(29-25-21)16-4-2-1-3-5-16/h1-7,9,11-12,19H,8,10,13-15H2. The number of hydrogen-bond donors (Lipinski definition) is 0. The fraction of sp³-hybridized carbons (Fsp3) is 0.250. The lowest BCUT2D eigenvalue weighted by Gasteiger charge is -2.46. The minimum Gasteiger partial charge on any atom is -0.355 e. The average molecular weight is 416 g/mol. The van der Waals surface area contributed by atoms with Crippen LogP contribution in [0.2, 0.25) is 0 Å². The van der Waals surface area contributed by atoms with Crippen LogP contribution in [-0.4, -0.2) is 46.5 Å². The molecule has 4 aromatic rings. The maximum Gasteiger partial charge on any atom is 0.253 e. The molecule has 5 nitrogen and oxygen atoms in total. The van der Waals surface area contributed by atoms with Crippen LogP contribution in [0.3, 0.4) is 0 Å². The SMILES string of the molecule is O=C(c1ccc2noc(-c3ccccc3)c2c1)N1CC(N2CCc3sccc3C2)C1. The second-order valence-electron chi connectivity index (χ2n) is 8.06. The third kappa shape index (κ3) is 2.95. The molecule has 6 rings (SSSR count). The van der Waals surface area contributed by atoms with Gasteiger partial charge in [-0.3, -0.25) is 9.69 Å². The molecule has 0 bridgehead atoms. The summed E-state index contributed by atoms with van der Waals surface area (Å²) >= 11 is 1.86. The summed E-state index contributed by atoms with van der Waals surface area (Å²) in [5, 5.41) is 7.23. The van der Waals surface area contributed by atoms with Gasteiger partial charge in [0.25, 0.3) is 5.91 Å². The summed E-state index contributed by atoms with van der Waals surface area (Å²) < 4.78 is 5.57. The fourth-order valence-electron chi connectivity index (χ4n) is 4.49. The van der Waals surface area contributed by atoms with Crippen LogP contribution in [0.25, 0.3) is 22.2 Å². The number of aromatic nitrogens is 1. The Labute approximate surface area is 178 Å². The highest BCUT2D eigenvalue weighted by Crippen LogP contribution is 2.31. The van der Waals surface area contributed by atoms with Crippen molar-refractivity contribution in [3.63, 3.8) is 0 Å². The van der Waals surface area contributed by atoms with Crippen LogP contribution < -0.4 is 0 Å². The first-order valence-electron chi connectivity index (χ1n) is 10.3. The molecule has 4 heterocycles. The summed E-state index contributed by atoms with van der Waals surface area (Å²) in [6.45, 7) is 3.70. The van der Waals surface area contributed by atoms with Crippen molar-refractivity contribution in [2.24, 2.45) is 0 Å². The second-order valence-corrected chi connectivity index (χ2v) is 9.06. The molecule has 0 atom stereocenters. The van der Waals surface area contributed by atoms with Gasteiger partial charge in [-0.1, -0.05) is 35.5 Å². The first kappa shape index (κ1) is 17.9. The summed E-state index contributed by atoms with van der Waals surface area (Å²) in [6, 6.07) is 18.2. The Kier molecular flexibility index (Phi) is 4.21. The average Bonchev–Trinajstić information content (AvgIpc) is 3.39. The summed E-state index contributed by atoms with van der Waals surface area (Å²) in [5.41, 5.74) is 3.89. The fourth-order valence-corrected chi connectivity index (χ4v) is 5.38. The Bertz CT molecular complexity index is 1220. The van der Waals surface area contributed by atoms with Gasteiger partial charge in [-0.2, -0.15) is 0 Å². The Morgan fingerprint density at radius 3 is 2.83 bits per heavy atom. The number of hydrogen-bond acceptors (Lipinski definition) is 5.